The molecular formula is C24H27BrN4OS. The minimum atomic E-state index is 0.0774. The van der Waals surface area contributed by atoms with E-state index < -0.39 is 0 Å². The predicted octanol–water partition coefficient (Wildman–Crippen LogP) is 5.69. The summed E-state index contributed by atoms with van der Waals surface area (Å²) in [5, 5.41) is 12.9. The van der Waals surface area contributed by atoms with Gasteiger partial charge in [0.05, 0.1) is 12.3 Å². The van der Waals surface area contributed by atoms with E-state index in [1.807, 2.05) is 42.5 Å². The van der Waals surface area contributed by atoms with Crippen LogP contribution in [0, 0.1) is 0 Å². The summed E-state index contributed by atoms with van der Waals surface area (Å²) in [7, 11) is 0. The molecule has 0 bridgehead atoms. The van der Waals surface area contributed by atoms with Crippen molar-refractivity contribution in [3.8, 4) is 11.4 Å². The summed E-state index contributed by atoms with van der Waals surface area (Å²) < 4.78 is 3.07. The number of halogens is 1. The summed E-state index contributed by atoms with van der Waals surface area (Å²) in [6.45, 7) is 0.650. The fourth-order valence-electron chi connectivity index (χ4n) is 3.97. The van der Waals surface area contributed by atoms with Crippen molar-refractivity contribution in [2.45, 2.75) is 56.3 Å². The van der Waals surface area contributed by atoms with Gasteiger partial charge in [0.15, 0.2) is 11.0 Å². The molecule has 1 amide bonds. The first-order valence-corrected chi connectivity index (χ1v) is 12.6. The van der Waals surface area contributed by atoms with Gasteiger partial charge in [0.25, 0.3) is 0 Å². The topological polar surface area (TPSA) is 59.8 Å². The highest BCUT2D eigenvalue weighted by Crippen LogP contribution is 2.30. The number of nitrogens with one attached hydrogen (secondary N) is 1. The molecule has 1 saturated carbocycles. The number of aromatic nitrogens is 3. The number of amides is 1. The number of thioether (sulfide) groups is 1. The largest absolute Gasteiger partial charge is 0.353 e. The Morgan fingerprint density at radius 1 is 1.00 bits per heavy atom. The Morgan fingerprint density at radius 2 is 1.71 bits per heavy atom. The van der Waals surface area contributed by atoms with Crippen LogP contribution in [0.1, 0.15) is 44.1 Å². The molecule has 1 aliphatic rings. The summed E-state index contributed by atoms with van der Waals surface area (Å²) >= 11 is 5.09. The van der Waals surface area contributed by atoms with Gasteiger partial charge in [-0.25, -0.2) is 0 Å². The number of nitrogens with zero attached hydrogens (tertiary/aromatic N) is 3. The van der Waals surface area contributed by atoms with Crippen LogP contribution in [0.25, 0.3) is 11.4 Å². The molecule has 0 atom stereocenters. The number of carbonyl (C=O) groups is 1. The van der Waals surface area contributed by atoms with Crippen LogP contribution >= 0.6 is 27.7 Å². The van der Waals surface area contributed by atoms with Gasteiger partial charge in [0, 0.05) is 16.1 Å². The van der Waals surface area contributed by atoms with Crippen molar-refractivity contribution in [3.63, 3.8) is 0 Å². The van der Waals surface area contributed by atoms with Gasteiger partial charge in [0.1, 0.15) is 0 Å². The van der Waals surface area contributed by atoms with Gasteiger partial charge in [-0.2, -0.15) is 0 Å². The van der Waals surface area contributed by atoms with Crippen molar-refractivity contribution in [1.29, 1.82) is 0 Å². The van der Waals surface area contributed by atoms with Crippen LogP contribution in [0.5, 0.6) is 0 Å². The highest BCUT2D eigenvalue weighted by molar-refractivity contribution is 9.10. The van der Waals surface area contributed by atoms with Crippen LogP contribution in [0.15, 0.2) is 64.2 Å². The van der Waals surface area contributed by atoms with Crippen LogP contribution in [0.2, 0.25) is 0 Å². The standard InChI is InChI=1S/C24H27BrN4OS/c25-21-15-9-8-14-20(21)23-27-28-24(29(23)16-18-10-4-3-5-11-18)31-17-22(30)26-19-12-6-1-2-7-13-19/h3-5,8-11,14-15,19H,1-2,6-7,12-13,16-17H2,(H,26,30). The molecule has 2 aromatic carbocycles. The number of rotatable bonds is 7. The molecule has 4 rings (SSSR count). The Hall–Kier alpha value is -2.12. The van der Waals surface area contributed by atoms with Crippen LogP contribution in [-0.4, -0.2) is 32.5 Å². The molecular weight excluding hydrogens is 472 g/mol. The van der Waals surface area contributed by atoms with E-state index in [0.717, 1.165) is 33.9 Å². The number of carbonyl (C=O) groups excluding carboxylic acids is 1. The van der Waals surface area contributed by atoms with E-state index >= 15 is 0 Å². The van der Waals surface area contributed by atoms with Crippen molar-refractivity contribution in [2.24, 2.45) is 0 Å². The summed E-state index contributed by atoms with van der Waals surface area (Å²) in [5.41, 5.74) is 2.15. The van der Waals surface area contributed by atoms with Crippen molar-refractivity contribution < 1.29 is 4.79 Å². The van der Waals surface area contributed by atoms with E-state index in [-0.39, 0.29) is 5.91 Å². The van der Waals surface area contributed by atoms with E-state index in [0.29, 0.717) is 18.3 Å². The third-order valence-corrected chi connectivity index (χ3v) is 7.23. The highest BCUT2D eigenvalue weighted by Gasteiger charge is 2.19. The SMILES string of the molecule is O=C(CSc1nnc(-c2ccccc2Br)n1Cc1ccccc1)NC1CCCCCC1. The Labute approximate surface area is 196 Å². The van der Waals surface area contributed by atoms with E-state index in [9.17, 15) is 4.79 Å². The molecule has 3 aromatic rings. The second-order valence-electron chi connectivity index (χ2n) is 7.90. The molecule has 0 radical (unpaired) electrons. The smallest absolute Gasteiger partial charge is 0.230 e. The molecule has 5 nitrogen and oxygen atoms in total. The van der Waals surface area contributed by atoms with Crippen LogP contribution in [0.3, 0.4) is 0 Å². The van der Waals surface area contributed by atoms with E-state index in [1.165, 1.54) is 43.0 Å². The molecule has 0 saturated heterocycles. The third-order valence-electron chi connectivity index (χ3n) is 5.57. The summed E-state index contributed by atoms with van der Waals surface area (Å²) in [6, 6.07) is 18.6. The average Bonchev–Trinajstić information content (AvgIpc) is 2.99. The van der Waals surface area contributed by atoms with Gasteiger partial charge in [-0.1, -0.05) is 102 Å². The first kappa shape index (κ1) is 22.1. The first-order chi connectivity index (χ1) is 15.2. The molecule has 1 aliphatic carbocycles. The van der Waals surface area contributed by atoms with Gasteiger partial charge in [-0.05, 0) is 24.5 Å². The minimum Gasteiger partial charge on any atom is -0.353 e. The molecule has 7 heteroatoms. The number of hydrogen-bond donors (Lipinski definition) is 1. The average molecular weight is 499 g/mol. The number of hydrogen-bond acceptors (Lipinski definition) is 4. The highest BCUT2D eigenvalue weighted by atomic mass is 79.9. The predicted molar refractivity (Wildman–Crippen MR) is 129 cm³/mol. The minimum absolute atomic E-state index is 0.0774. The number of benzene rings is 2. The fourth-order valence-corrected chi connectivity index (χ4v) is 5.18. The Kier molecular flexibility index (Phi) is 7.81. The van der Waals surface area contributed by atoms with Crippen molar-refractivity contribution in [1.82, 2.24) is 20.1 Å². The molecule has 0 aliphatic heterocycles. The maximum absolute atomic E-state index is 12.6. The van der Waals surface area contributed by atoms with Crippen molar-refractivity contribution in [2.75, 3.05) is 5.75 Å². The first-order valence-electron chi connectivity index (χ1n) is 10.8. The van der Waals surface area contributed by atoms with Crippen LogP contribution < -0.4 is 5.32 Å². The van der Waals surface area contributed by atoms with Gasteiger partial charge < -0.3 is 5.32 Å². The lowest BCUT2D eigenvalue weighted by Crippen LogP contribution is -2.35. The summed E-state index contributed by atoms with van der Waals surface area (Å²) in [4.78, 5) is 12.6. The quantitative estimate of drug-likeness (QED) is 0.335. The second-order valence-corrected chi connectivity index (χ2v) is 9.70. The van der Waals surface area contributed by atoms with E-state index in [1.54, 1.807) is 0 Å². The fraction of sp³-hybridized carbons (Fsp3) is 0.375. The molecule has 0 unspecified atom stereocenters. The van der Waals surface area contributed by atoms with Gasteiger partial charge in [0.2, 0.25) is 5.91 Å². The molecule has 1 heterocycles. The Morgan fingerprint density at radius 3 is 2.45 bits per heavy atom. The molecule has 1 fully saturated rings. The van der Waals surface area contributed by atoms with Crippen LogP contribution in [-0.2, 0) is 11.3 Å². The zero-order valence-electron chi connectivity index (χ0n) is 17.5. The zero-order valence-corrected chi connectivity index (χ0v) is 19.9. The molecule has 162 valence electrons. The normalized spacial score (nSPS) is 14.9. The third kappa shape index (κ3) is 5.98. The lowest BCUT2D eigenvalue weighted by molar-refractivity contribution is -0.119. The Bertz CT molecular complexity index is 1000. The summed E-state index contributed by atoms with van der Waals surface area (Å²) in [6.07, 6.45) is 7.15. The lowest BCUT2D eigenvalue weighted by Gasteiger charge is -2.16. The van der Waals surface area contributed by atoms with E-state index in [2.05, 4.69) is 48.1 Å². The van der Waals surface area contributed by atoms with Gasteiger partial charge >= 0.3 is 0 Å². The Balaban J connectivity index is 1.51. The molecule has 1 aromatic heterocycles. The van der Waals surface area contributed by atoms with E-state index in [4.69, 9.17) is 0 Å². The monoisotopic (exact) mass is 498 g/mol. The van der Waals surface area contributed by atoms with Gasteiger partial charge in [-0.3, -0.25) is 9.36 Å². The second kappa shape index (κ2) is 11.0. The summed E-state index contributed by atoms with van der Waals surface area (Å²) in [5.74, 6) is 1.22. The zero-order chi connectivity index (χ0) is 21.5. The lowest BCUT2D eigenvalue weighted by atomic mass is 10.1. The molecule has 1 N–H and O–H groups in total. The van der Waals surface area contributed by atoms with Crippen molar-refractivity contribution >= 4 is 33.6 Å². The van der Waals surface area contributed by atoms with Gasteiger partial charge in [-0.15, -0.1) is 10.2 Å². The van der Waals surface area contributed by atoms with Crippen LogP contribution in [0.4, 0.5) is 0 Å². The maximum atomic E-state index is 12.6. The molecule has 31 heavy (non-hydrogen) atoms. The van der Waals surface area contributed by atoms with Crippen molar-refractivity contribution in [3.05, 3.63) is 64.6 Å². The molecule has 0 spiro atoms. The maximum Gasteiger partial charge on any atom is 0.230 e.